The summed E-state index contributed by atoms with van der Waals surface area (Å²) in [5.41, 5.74) is 2.77. The molecule has 1 fully saturated rings. The van der Waals surface area contributed by atoms with E-state index in [9.17, 15) is 19.1 Å². The number of halogens is 1. The first-order chi connectivity index (χ1) is 16.0. The van der Waals surface area contributed by atoms with Crippen LogP contribution < -0.4 is 0 Å². The van der Waals surface area contributed by atoms with Crippen LogP contribution in [0, 0.1) is 5.82 Å². The number of aldehydes is 1. The number of hydrogen-bond acceptors (Lipinski definition) is 6. The van der Waals surface area contributed by atoms with Crippen molar-refractivity contribution in [3.63, 3.8) is 0 Å². The molecule has 0 radical (unpaired) electrons. The van der Waals surface area contributed by atoms with Crippen molar-refractivity contribution >= 4 is 23.1 Å². The molecule has 1 aromatic heterocycles. The molecule has 0 bridgehead atoms. The van der Waals surface area contributed by atoms with E-state index in [1.54, 1.807) is 30.5 Å². The van der Waals surface area contributed by atoms with Gasteiger partial charge >= 0.3 is 0 Å². The van der Waals surface area contributed by atoms with Gasteiger partial charge in [0.25, 0.3) is 5.91 Å². The highest BCUT2D eigenvalue weighted by atomic mass is 19.1. The Balaban J connectivity index is 1.61. The number of pyridine rings is 1. The number of phenolic OH excluding ortho intramolecular Hbond substituents is 1. The van der Waals surface area contributed by atoms with Gasteiger partial charge in [0.1, 0.15) is 23.4 Å². The third-order valence-electron chi connectivity index (χ3n) is 6.67. The Morgan fingerprint density at radius 2 is 1.91 bits per heavy atom. The largest absolute Gasteiger partial charge is 0.505 e. The zero-order valence-corrected chi connectivity index (χ0v) is 18.4. The lowest BCUT2D eigenvalue weighted by molar-refractivity contribution is -0.112. The van der Waals surface area contributed by atoms with Crippen LogP contribution in [-0.2, 0) is 17.9 Å². The molecule has 0 saturated carbocycles. The van der Waals surface area contributed by atoms with Gasteiger partial charge < -0.3 is 19.7 Å². The standard InChI is InChI=1S/C25H25FN4O3/c1-28-9-11-29(12-10-28)25(33)21-18-3-2-8-27-23(18)24(32)22-19(21)14-30(20(22)15-31)13-16-4-6-17(26)7-5-16/h2-8,15,20,32H,9-14H2,1H3. The molecule has 3 aromatic rings. The highest BCUT2D eigenvalue weighted by Crippen LogP contribution is 2.45. The molecular weight excluding hydrogens is 423 g/mol. The smallest absolute Gasteiger partial charge is 0.254 e. The Kier molecular flexibility index (Phi) is 5.55. The molecule has 8 heteroatoms. The van der Waals surface area contributed by atoms with E-state index in [2.05, 4.69) is 9.88 Å². The van der Waals surface area contributed by atoms with Crippen molar-refractivity contribution < 1.29 is 19.1 Å². The van der Waals surface area contributed by atoms with Crippen molar-refractivity contribution in [3.05, 3.63) is 70.7 Å². The van der Waals surface area contributed by atoms with Gasteiger partial charge in [0.15, 0.2) is 0 Å². The second-order valence-electron chi connectivity index (χ2n) is 8.72. The van der Waals surface area contributed by atoms with E-state index >= 15 is 0 Å². The summed E-state index contributed by atoms with van der Waals surface area (Å²) in [5, 5.41) is 11.7. The Morgan fingerprint density at radius 1 is 1.18 bits per heavy atom. The van der Waals surface area contributed by atoms with Crippen molar-refractivity contribution in [2.24, 2.45) is 0 Å². The number of aromatic nitrogens is 1. The normalized spacial score (nSPS) is 19.1. The molecule has 33 heavy (non-hydrogen) atoms. The zero-order chi connectivity index (χ0) is 23.1. The fourth-order valence-electron chi connectivity index (χ4n) is 4.87. The number of aromatic hydroxyl groups is 1. The van der Waals surface area contributed by atoms with Gasteiger partial charge in [-0.3, -0.25) is 14.7 Å². The zero-order valence-electron chi connectivity index (χ0n) is 18.4. The number of nitrogens with zero attached hydrogens (tertiary/aromatic N) is 4. The summed E-state index contributed by atoms with van der Waals surface area (Å²) in [6.45, 7) is 3.50. The van der Waals surface area contributed by atoms with E-state index in [4.69, 9.17) is 0 Å². The lowest BCUT2D eigenvalue weighted by atomic mass is 9.93. The van der Waals surface area contributed by atoms with Crippen LogP contribution in [0.1, 0.15) is 33.1 Å². The number of phenols is 1. The molecule has 2 aromatic carbocycles. The molecule has 0 aliphatic carbocycles. The summed E-state index contributed by atoms with van der Waals surface area (Å²) in [6, 6.07) is 8.93. The SMILES string of the molecule is CN1CCN(C(=O)c2c3c(c(O)c4ncccc24)C(C=O)N(Cc2ccc(F)cc2)C3)CC1. The molecular formula is C25H25FN4O3. The molecule has 1 unspecified atom stereocenters. The lowest BCUT2D eigenvalue weighted by Gasteiger charge is -2.33. The number of carbonyl (C=O) groups excluding carboxylic acids is 2. The molecule has 1 saturated heterocycles. The fourth-order valence-corrected chi connectivity index (χ4v) is 4.87. The number of carbonyl (C=O) groups is 2. The van der Waals surface area contributed by atoms with E-state index in [0.717, 1.165) is 24.9 Å². The summed E-state index contributed by atoms with van der Waals surface area (Å²) in [7, 11) is 2.03. The maximum Gasteiger partial charge on any atom is 0.254 e. The van der Waals surface area contributed by atoms with Crippen molar-refractivity contribution in [3.8, 4) is 5.75 Å². The minimum absolute atomic E-state index is 0.0609. The predicted molar refractivity (Wildman–Crippen MR) is 121 cm³/mol. The number of fused-ring (bicyclic) bond motifs is 2. The number of likely N-dealkylation sites (N-methyl/N-ethyl adjacent to an activating group) is 1. The maximum absolute atomic E-state index is 13.7. The monoisotopic (exact) mass is 448 g/mol. The van der Waals surface area contributed by atoms with Gasteiger partial charge in [-0.2, -0.15) is 0 Å². The molecule has 3 heterocycles. The Bertz CT molecular complexity index is 1220. The van der Waals surface area contributed by atoms with Crippen LogP contribution in [-0.4, -0.2) is 70.2 Å². The van der Waals surface area contributed by atoms with Crippen LogP contribution in [0.15, 0.2) is 42.6 Å². The van der Waals surface area contributed by atoms with Crippen LogP contribution in [0.4, 0.5) is 4.39 Å². The summed E-state index contributed by atoms with van der Waals surface area (Å²) >= 11 is 0. The average Bonchev–Trinajstić information content (AvgIpc) is 3.19. The first-order valence-electron chi connectivity index (χ1n) is 11.0. The second kappa shape index (κ2) is 8.53. The van der Waals surface area contributed by atoms with Gasteiger partial charge in [-0.25, -0.2) is 4.39 Å². The van der Waals surface area contributed by atoms with E-state index in [1.807, 2.05) is 16.8 Å². The van der Waals surface area contributed by atoms with Crippen molar-refractivity contribution in [2.75, 3.05) is 33.2 Å². The molecule has 1 atom stereocenters. The van der Waals surface area contributed by atoms with Crippen LogP contribution in [0.3, 0.4) is 0 Å². The van der Waals surface area contributed by atoms with Gasteiger partial charge in [0.2, 0.25) is 0 Å². The third-order valence-corrected chi connectivity index (χ3v) is 6.67. The number of rotatable bonds is 4. The molecule has 2 aliphatic heterocycles. The number of amides is 1. The Morgan fingerprint density at radius 3 is 2.61 bits per heavy atom. The fraction of sp³-hybridized carbons (Fsp3) is 0.320. The molecule has 1 N–H and O–H groups in total. The summed E-state index contributed by atoms with van der Waals surface area (Å²) in [4.78, 5) is 36.2. The van der Waals surface area contributed by atoms with Gasteiger partial charge in [0, 0.05) is 56.4 Å². The van der Waals surface area contributed by atoms with E-state index < -0.39 is 6.04 Å². The lowest BCUT2D eigenvalue weighted by Crippen LogP contribution is -2.47. The van der Waals surface area contributed by atoms with E-state index in [1.165, 1.54) is 12.1 Å². The Labute approximate surface area is 191 Å². The predicted octanol–water partition coefficient (Wildman–Crippen LogP) is 2.72. The van der Waals surface area contributed by atoms with Crippen LogP contribution in [0.25, 0.3) is 10.9 Å². The van der Waals surface area contributed by atoms with Crippen molar-refractivity contribution in [1.82, 2.24) is 19.7 Å². The van der Waals surface area contributed by atoms with Crippen LogP contribution >= 0.6 is 0 Å². The van der Waals surface area contributed by atoms with E-state index in [-0.39, 0.29) is 17.5 Å². The average molecular weight is 448 g/mol. The molecule has 1 amide bonds. The molecule has 5 rings (SSSR count). The van der Waals surface area contributed by atoms with Gasteiger partial charge in [-0.15, -0.1) is 0 Å². The first kappa shape index (κ1) is 21.5. The highest BCUT2D eigenvalue weighted by Gasteiger charge is 2.38. The van der Waals surface area contributed by atoms with Crippen LogP contribution in [0.2, 0.25) is 0 Å². The minimum Gasteiger partial charge on any atom is -0.505 e. The summed E-state index contributed by atoms with van der Waals surface area (Å²) < 4.78 is 13.4. The quantitative estimate of drug-likeness (QED) is 0.619. The first-order valence-corrected chi connectivity index (χ1v) is 11.0. The maximum atomic E-state index is 13.7. The van der Waals surface area contributed by atoms with Crippen molar-refractivity contribution in [1.29, 1.82) is 0 Å². The van der Waals surface area contributed by atoms with Crippen molar-refractivity contribution in [2.45, 2.75) is 19.1 Å². The second-order valence-corrected chi connectivity index (χ2v) is 8.72. The molecule has 170 valence electrons. The number of piperazine rings is 1. The summed E-state index contributed by atoms with van der Waals surface area (Å²) in [6.07, 6.45) is 2.35. The molecule has 0 spiro atoms. The summed E-state index contributed by atoms with van der Waals surface area (Å²) in [5.74, 6) is -0.495. The number of benzene rings is 2. The topological polar surface area (TPSA) is 77.0 Å². The minimum atomic E-state index is -0.726. The van der Waals surface area contributed by atoms with Gasteiger partial charge in [-0.1, -0.05) is 18.2 Å². The molecule has 2 aliphatic rings. The van der Waals surface area contributed by atoms with Gasteiger partial charge in [0.05, 0.1) is 11.6 Å². The highest BCUT2D eigenvalue weighted by molar-refractivity contribution is 6.10. The third kappa shape index (κ3) is 3.75. The van der Waals surface area contributed by atoms with E-state index in [0.29, 0.717) is 53.8 Å². The Hall–Kier alpha value is -3.36. The molecule has 7 nitrogen and oxygen atoms in total. The van der Waals surface area contributed by atoms with Crippen LogP contribution in [0.5, 0.6) is 5.75 Å². The van der Waals surface area contributed by atoms with Gasteiger partial charge in [-0.05, 0) is 36.4 Å². The number of hydrogen-bond donors (Lipinski definition) is 1.